The van der Waals surface area contributed by atoms with Crippen LogP contribution in [0.3, 0.4) is 0 Å². The molecule has 1 aromatic carbocycles. The van der Waals surface area contributed by atoms with Gasteiger partial charge < -0.3 is 19.8 Å². The summed E-state index contributed by atoms with van der Waals surface area (Å²) in [4.78, 5) is 12.1. The fourth-order valence-corrected chi connectivity index (χ4v) is 3.12. The Morgan fingerprint density at radius 3 is 2.63 bits per heavy atom. The van der Waals surface area contributed by atoms with Crippen molar-refractivity contribution in [3.8, 4) is 11.5 Å². The first-order valence-corrected chi connectivity index (χ1v) is 8.96. The highest BCUT2D eigenvalue weighted by molar-refractivity contribution is 5.82. The third kappa shape index (κ3) is 3.94. The van der Waals surface area contributed by atoms with Crippen LogP contribution in [0.2, 0.25) is 0 Å². The lowest BCUT2D eigenvalue weighted by Crippen LogP contribution is -2.07. The van der Waals surface area contributed by atoms with Crippen LogP contribution in [-0.4, -0.2) is 33.7 Å². The van der Waals surface area contributed by atoms with Crippen LogP contribution in [0.5, 0.6) is 11.5 Å². The Bertz CT molecular complexity index is 941. The Hall–Kier alpha value is -2.90. The number of aromatic nitrogens is 4. The number of halogens is 1. The first-order valence-electron chi connectivity index (χ1n) is 8.96. The van der Waals surface area contributed by atoms with E-state index in [9.17, 15) is 4.39 Å². The van der Waals surface area contributed by atoms with Crippen LogP contribution < -0.4 is 15.2 Å². The highest BCUT2D eigenvalue weighted by Gasteiger charge is 2.18. The summed E-state index contributed by atoms with van der Waals surface area (Å²) in [6, 6.07) is 5.60. The molecule has 0 saturated carbocycles. The van der Waals surface area contributed by atoms with Gasteiger partial charge in [0.1, 0.15) is 17.3 Å². The van der Waals surface area contributed by atoms with E-state index in [1.807, 2.05) is 22.8 Å². The number of anilines is 1. The van der Waals surface area contributed by atoms with Gasteiger partial charge in [-0.05, 0) is 24.6 Å². The number of nitrogen functional groups attached to an aromatic ring is 1. The lowest BCUT2D eigenvalue weighted by atomic mass is 10.1. The fourth-order valence-electron chi connectivity index (χ4n) is 3.12. The molecule has 2 aromatic heterocycles. The van der Waals surface area contributed by atoms with E-state index < -0.39 is 6.08 Å². The molecule has 0 aliphatic heterocycles. The summed E-state index contributed by atoms with van der Waals surface area (Å²) in [5, 5.41) is 0. The van der Waals surface area contributed by atoms with E-state index >= 15 is 0 Å². The normalized spacial score (nSPS) is 11.1. The van der Waals surface area contributed by atoms with Crippen LogP contribution in [0.25, 0.3) is 11.2 Å². The van der Waals surface area contributed by atoms with E-state index in [1.165, 1.54) is 0 Å². The molecule has 0 radical (unpaired) electrons. The van der Waals surface area contributed by atoms with E-state index in [2.05, 4.69) is 21.9 Å². The molecule has 2 N–H and O–H groups in total. The predicted molar refractivity (Wildman–Crippen MR) is 102 cm³/mol. The van der Waals surface area contributed by atoms with Crippen molar-refractivity contribution in [2.45, 2.75) is 39.2 Å². The monoisotopic (exact) mass is 373 g/mol. The molecule has 0 amide bonds. The first-order chi connectivity index (χ1) is 13.1. The van der Waals surface area contributed by atoms with E-state index in [4.69, 9.17) is 15.2 Å². The van der Waals surface area contributed by atoms with Gasteiger partial charge in [0, 0.05) is 18.5 Å². The largest absolute Gasteiger partial charge is 0.497 e. The second-order valence-corrected chi connectivity index (χ2v) is 6.29. The summed E-state index contributed by atoms with van der Waals surface area (Å²) >= 11 is 0. The standard InChI is InChI=1S/C19H24FN5O2/c1-4-5-6-9-25-15(22-16-17(21)23-19(20)24-18(16)25)11-12-10-13(26-2)7-8-14(12)27-3/h7-8,10H,4-6,9,11H2,1-3H3,(H2,21,23,24). The van der Waals surface area contributed by atoms with E-state index in [-0.39, 0.29) is 5.82 Å². The van der Waals surface area contributed by atoms with Gasteiger partial charge in [0.05, 0.1) is 14.2 Å². The summed E-state index contributed by atoms with van der Waals surface area (Å²) in [7, 11) is 3.24. The molecule has 0 fully saturated rings. The third-order valence-electron chi connectivity index (χ3n) is 4.49. The number of unbranched alkanes of at least 4 members (excludes halogenated alkanes) is 2. The molecule has 27 heavy (non-hydrogen) atoms. The molecule has 7 nitrogen and oxygen atoms in total. The summed E-state index contributed by atoms with van der Waals surface area (Å²) in [5.41, 5.74) is 7.64. The van der Waals surface area contributed by atoms with E-state index in [0.29, 0.717) is 24.1 Å². The van der Waals surface area contributed by atoms with Crippen molar-refractivity contribution in [1.29, 1.82) is 0 Å². The van der Waals surface area contributed by atoms with Gasteiger partial charge in [0.25, 0.3) is 0 Å². The van der Waals surface area contributed by atoms with Gasteiger partial charge in [0.2, 0.25) is 0 Å². The van der Waals surface area contributed by atoms with Crippen LogP contribution in [0.15, 0.2) is 18.2 Å². The molecule has 0 bridgehead atoms. The zero-order chi connectivity index (χ0) is 19.4. The van der Waals surface area contributed by atoms with Gasteiger partial charge in [-0.3, -0.25) is 0 Å². The Labute approximate surface area is 157 Å². The maximum absolute atomic E-state index is 13.7. The van der Waals surface area contributed by atoms with Gasteiger partial charge in [-0.25, -0.2) is 4.98 Å². The molecule has 0 saturated heterocycles. The molecule has 144 valence electrons. The molecule has 0 aliphatic carbocycles. The molecule has 3 aromatic rings. The molecular formula is C19H24FN5O2. The van der Waals surface area contributed by atoms with Gasteiger partial charge in [0.15, 0.2) is 17.0 Å². The number of aryl methyl sites for hydroxylation is 1. The Morgan fingerprint density at radius 2 is 1.93 bits per heavy atom. The molecular weight excluding hydrogens is 349 g/mol. The Kier molecular flexibility index (Phi) is 5.73. The minimum atomic E-state index is -0.845. The highest BCUT2D eigenvalue weighted by Crippen LogP contribution is 2.28. The zero-order valence-electron chi connectivity index (χ0n) is 15.8. The lowest BCUT2D eigenvalue weighted by Gasteiger charge is -2.12. The number of hydrogen-bond donors (Lipinski definition) is 1. The summed E-state index contributed by atoms with van der Waals surface area (Å²) in [6.07, 6.45) is 2.71. The average molecular weight is 373 g/mol. The quantitative estimate of drug-likeness (QED) is 0.481. The molecule has 3 rings (SSSR count). The minimum absolute atomic E-state index is 0.0469. The predicted octanol–water partition coefficient (Wildman–Crippen LogP) is 3.35. The van der Waals surface area contributed by atoms with Crippen LogP contribution in [0.4, 0.5) is 10.2 Å². The summed E-state index contributed by atoms with van der Waals surface area (Å²) in [6.45, 7) is 2.82. The lowest BCUT2D eigenvalue weighted by molar-refractivity contribution is 0.399. The highest BCUT2D eigenvalue weighted by atomic mass is 19.1. The van der Waals surface area contributed by atoms with E-state index in [0.717, 1.165) is 42.1 Å². The number of nitrogens with zero attached hydrogens (tertiary/aromatic N) is 4. The van der Waals surface area contributed by atoms with Crippen molar-refractivity contribution in [3.63, 3.8) is 0 Å². The number of fused-ring (bicyclic) bond motifs is 1. The molecule has 0 atom stereocenters. The molecule has 0 aliphatic rings. The molecule has 0 unspecified atom stereocenters. The minimum Gasteiger partial charge on any atom is -0.497 e. The average Bonchev–Trinajstić information content (AvgIpc) is 2.99. The second-order valence-electron chi connectivity index (χ2n) is 6.29. The second kappa shape index (κ2) is 8.20. The van der Waals surface area contributed by atoms with Crippen LogP contribution in [-0.2, 0) is 13.0 Å². The first kappa shape index (κ1) is 18.9. The van der Waals surface area contributed by atoms with Crippen LogP contribution in [0, 0.1) is 6.08 Å². The van der Waals surface area contributed by atoms with E-state index in [1.54, 1.807) is 14.2 Å². The van der Waals surface area contributed by atoms with Crippen molar-refractivity contribution in [2.75, 3.05) is 20.0 Å². The molecule has 2 heterocycles. The number of hydrogen-bond acceptors (Lipinski definition) is 6. The number of imidazole rings is 1. The number of ether oxygens (including phenoxy) is 2. The van der Waals surface area contributed by atoms with Crippen molar-refractivity contribution in [1.82, 2.24) is 19.5 Å². The van der Waals surface area contributed by atoms with Crippen molar-refractivity contribution in [2.24, 2.45) is 0 Å². The summed E-state index contributed by atoms with van der Waals surface area (Å²) in [5.74, 6) is 2.24. The number of benzene rings is 1. The zero-order valence-corrected chi connectivity index (χ0v) is 15.8. The van der Waals surface area contributed by atoms with Crippen LogP contribution >= 0.6 is 0 Å². The fraction of sp³-hybridized carbons (Fsp3) is 0.421. The molecule has 8 heteroatoms. The number of rotatable bonds is 8. The summed E-state index contributed by atoms with van der Waals surface area (Å²) < 4.78 is 26.4. The van der Waals surface area contributed by atoms with Gasteiger partial charge in [-0.2, -0.15) is 14.4 Å². The smallest absolute Gasteiger partial charge is 0.312 e. The Morgan fingerprint density at radius 1 is 1.11 bits per heavy atom. The topological polar surface area (TPSA) is 88.1 Å². The van der Waals surface area contributed by atoms with Gasteiger partial charge >= 0.3 is 6.08 Å². The number of methoxy groups -OCH3 is 2. The number of nitrogens with two attached hydrogens (primary N) is 1. The SMILES string of the molecule is CCCCCn1c(Cc2cc(OC)ccc2OC)nc2c(N)nc(F)nc21. The maximum atomic E-state index is 13.7. The van der Waals surface area contributed by atoms with Crippen molar-refractivity contribution >= 4 is 17.0 Å². The van der Waals surface area contributed by atoms with Crippen molar-refractivity contribution < 1.29 is 13.9 Å². The molecule has 0 spiro atoms. The van der Waals surface area contributed by atoms with Gasteiger partial charge in [-0.15, -0.1) is 0 Å². The van der Waals surface area contributed by atoms with Crippen LogP contribution in [0.1, 0.15) is 37.6 Å². The Balaban J connectivity index is 2.07. The maximum Gasteiger partial charge on any atom is 0.312 e. The van der Waals surface area contributed by atoms with Gasteiger partial charge in [-0.1, -0.05) is 19.8 Å². The third-order valence-corrected chi connectivity index (χ3v) is 4.49. The van der Waals surface area contributed by atoms with Crippen molar-refractivity contribution in [3.05, 3.63) is 35.7 Å².